The molecule has 0 saturated heterocycles. The van der Waals surface area contributed by atoms with Crippen LogP contribution in [0.2, 0.25) is 0 Å². The van der Waals surface area contributed by atoms with Gasteiger partial charge < -0.3 is 14.4 Å². The molecular formula is C27H29N3O5. The lowest BCUT2D eigenvalue weighted by molar-refractivity contribution is -0.119. The number of aliphatic hydroxyl groups is 1. The molecule has 0 fully saturated rings. The van der Waals surface area contributed by atoms with Gasteiger partial charge in [-0.3, -0.25) is 14.5 Å². The Labute approximate surface area is 204 Å². The van der Waals surface area contributed by atoms with E-state index >= 15 is 0 Å². The van der Waals surface area contributed by atoms with E-state index in [9.17, 15) is 14.7 Å². The number of aromatic nitrogens is 2. The molecule has 0 bridgehead atoms. The highest BCUT2D eigenvalue weighted by Crippen LogP contribution is 2.43. The summed E-state index contributed by atoms with van der Waals surface area (Å²) in [6, 6.07) is 13.8. The number of anilines is 1. The average molecular weight is 476 g/mol. The van der Waals surface area contributed by atoms with Gasteiger partial charge in [0.25, 0.3) is 5.91 Å². The molecule has 35 heavy (non-hydrogen) atoms. The summed E-state index contributed by atoms with van der Waals surface area (Å²) < 4.78 is 10.9. The van der Waals surface area contributed by atoms with E-state index in [0.717, 1.165) is 16.7 Å². The Bertz CT molecular complexity index is 1270. The van der Waals surface area contributed by atoms with Gasteiger partial charge >= 0.3 is 0 Å². The Morgan fingerprint density at radius 3 is 2.40 bits per heavy atom. The number of amides is 1. The molecule has 0 radical (unpaired) electrons. The third kappa shape index (κ3) is 4.74. The molecule has 0 saturated carbocycles. The molecule has 1 aliphatic heterocycles. The summed E-state index contributed by atoms with van der Waals surface area (Å²) in [5.74, 6) is -0.934. The molecule has 8 nitrogen and oxygen atoms in total. The van der Waals surface area contributed by atoms with Crippen molar-refractivity contribution in [3.63, 3.8) is 0 Å². The Morgan fingerprint density at radius 1 is 1.11 bits per heavy atom. The fraction of sp³-hybridized carbons (Fsp3) is 0.333. The van der Waals surface area contributed by atoms with Crippen LogP contribution in [0.3, 0.4) is 0 Å². The standard InChI is InChI=1S/C27H29N3O5/c1-15(2)24(31)22-23(21-9-7-6-8-19(21)14-34-16(3)4)30(27(33)25(22)32)20-12-10-18(11-13-20)26-28-17(5)35-29-26/h6-13,15-16,23,32H,14H2,1-5H3. The molecule has 2 heterocycles. The van der Waals surface area contributed by atoms with Crippen LogP contribution >= 0.6 is 0 Å². The third-order valence-electron chi connectivity index (χ3n) is 5.85. The number of hydrogen-bond donors (Lipinski definition) is 1. The lowest BCUT2D eigenvalue weighted by Gasteiger charge is -2.29. The van der Waals surface area contributed by atoms with Crippen LogP contribution in [0.5, 0.6) is 0 Å². The maximum absolute atomic E-state index is 13.4. The van der Waals surface area contributed by atoms with Crippen LogP contribution in [0, 0.1) is 12.8 Å². The second kappa shape index (κ2) is 9.84. The maximum atomic E-state index is 13.4. The SMILES string of the molecule is Cc1nc(-c2ccc(N3C(=O)C(O)=C(C(=O)C(C)C)C3c3ccccc3COC(C)C)cc2)no1. The van der Waals surface area contributed by atoms with Crippen LogP contribution in [0.1, 0.15) is 50.8 Å². The minimum Gasteiger partial charge on any atom is -0.503 e. The van der Waals surface area contributed by atoms with E-state index in [-0.39, 0.29) is 17.5 Å². The van der Waals surface area contributed by atoms with Crippen LogP contribution in [0.25, 0.3) is 11.4 Å². The number of rotatable bonds is 8. The zero-order valence-electron chi connectivity index (χ0n) is 20.5. The van der Waals surface area contributed by atoms with Crippen LogP contribution in [-0.4, -0.2) is 33.0 Å². The van der Waals surface area contributed by atoms with Crippen molar-refractivity contribution < 1.29 is 24.0 Å². The number of aryl methyl sites for hydroxylation is 1. The monoisotopic (exact) mass is 475 g/mol. The van der Waals surface area contributed by atoms with Gasteiger partial charge in [0.15, 0.2) is 11.5 Å². The summed E-state index contributed by atoms with van der Waals surface area (Å²) in [5, 5.41) is 14.8. The van der Waals surface area contributed by atoms with Crippen LogP contribution < -0.4 is 4.90 Å². The lowest BCUT2D eigenvalue weighted by atomic mass is 9.89. The number of hydrogen-bond acceptors (Lipinski definition) is 7. The van der Waals surface area contributed by atoms with Crippen LogP contribution in [0.15, 0.2) is 64.4 Å². The minimum atomic E-state index is -0.789. The van der Waals surface area contributed by atoms with Crippen molar-refractivity contribution in [1.29, 1.82) is 0 Å². The maximum Gasteiger partial charge on any atom is 0.294 e. The summed E-state index contributed by atoms with van der Waals surface area (Å²) in [6.45, 7) is 9.41. The van der Waals surface area contributed by atoms with Gasteiger partial charge in [-0.05, 0) is 49.2 Å². The highest BCUT2D eigenvalue weighted by molar-refractivity contribution is 6.17. The molecule has 0 spiro atoms. The number of aliphatic hydroxyl groups excluding tert-OH is 1. The number of nitrogens with zero attached hydrogens (tertiary/aromatic N) is 3. The van der Waals surface area contributed by atoms with Gasteiger partial charge in [-0.25, -0.2) is 0 Å². The van der Waals surface area contributed by atoms with E-state index in [0.29, 0.717) is 24.0 Å². The highest BCUT2D eigenvalue weighted by atomic mass is 16.5. The van der Waals surface area contributed by atoms with E-state index < -0.39 is 23.6 Å². The summed E-state index contributed by atoms with van der Waals surface area (Å²) in [6.07, 6.45) is 0.00593. The first-order valence-electron chi connectivity index (χ1n) is 11.6. The number of ether oxygens (including phenoxy) is 1. The van der Waals surface area contributed by atoms with Crippen molar-refractivity contribution in [3.8, 4) is 11.4 Å². The Kier molecular flexibility index (Phi) is 6.84. The molecule has 1 aliphatic rings. The largest absolute Gasteiger partial charge is 0.503 e. The molecule has 8 heteroatoms. The van der Waals surface area contributed by atoms with Crippen molar-refractivity contribution in [2.75, 3.05) is 4.90 Å². The fourth-order valence-electron chi connectivity index (χ4n) is 4.10. The summed E-state index contributed by atoms with van der Waals surface area (Å²) in [4.78, 5) is 32.3. The Morgan fingerprint density at radius 2 is 1.80 bits per heavy atom. The van der Waals surface area contributed by atoms with Crippen molar-refractivity contribution >= 4 is 17.4 Å². The van der Waals surface area contributed by atoms with Gasteiger partial charge in [-0.1, -0.05) is 43.3 Å². The summed E-state index contributed by atoms with van der Waals surface area (Å²) in [5.41, 5.74) is 2.91. The predicted octanol–water partition coefficient (Wildman–Crippen LogP) is 5.10. The van der Waals surface area contributed by atoms with Gasteiger partial charge in [-0.2, -0.15) is 4.98 Å². The van der Waals surface area contributed by atoms with Gasteiger partial charge in [0.05, 0.1) is 24.3 Å². The summed E-state index contributed by atoms with van der Waals surface area (Å²) in [7, 11) is 0. The molecule has 4 rings (SSSR count). The lowest BCUT2D eigenvalue weighted by Crippen LogP contribution is -2.32. The summed E-state index contributed by atoms with van der Waals surface area (Å²) >= 11 is 0. The number of carbonyl (C=O) groups excluding carboxylic acids is 2. The quantitative estimate of drug-likeness (QED) is 0.483. The van der Waals surface area contributed by atoms with Gasteiger partial charge in [-0.15, -0.1) is 0 Å². The fourth-order valence-corrected chi connectivity index (χ4v) is 4.10. The molecular weight excluding hydrogens is 446 g/mol. The van der Waals surface area contributed by atoms with E-state index in [1.165, 1.54) is 4.90 Å². The van der Waals surface area contributed by atoms with E-state index in [1.54, 1.807) is 45.0 Å². The Hall–Kier alpha value is -3.78. The van der Waals surface area contributed by atoms with Gasteiger partial charge in [0.2, 0.25) is 11.7 Å². The number of carbonyl (C=O) groups is 2. The van der Waals surface area contributed by atoms with Crippen molar-refractivity contribution in [3.05, 3.63) is 76.9 Å². The Balaban J connectivity index is 1.81. The smallest absolute Gasteiger partial charge is 0.294 e. The molecule has 1 unspecified atom stereocenters. The minimum absolute atomic E-state index is 0.00593. The van der Waals surface area contributed by atoms with Gasteiger partial charge in [0.1, 0.15) is 0 Å². The topological polar surface area (TPSA) is 106 Å². The van der Waals surface area contributed by atoms with E-state index in [2.05, 4.69) is 10.1 Å². The molecule has 3 aromatic rings. The zero-order chi connectivity index (χ0) is 25.3. The van der Waals surface area contributed by atoms with Gasteiger partial charge in [0, 0.05) is 24.1 Å². The van der Waals surface area contributed by atoms with Crippen molar-refractivity contribution in [1.82, 2.24) is 10.1 Å². The molecule has 1 aromatic heterocycles. The molecule has 0 aliphatic carbocycles. The average Bonchev–Trinajstić information content (AvgIpc) is 3.38. The first kappa shape index (κ1) is 24.3. The molecule has 1 amide bonds. The first-order chi connectivity index (χ1) is 16.7. The molecule has 1 N–H and O–H groups in total. The van der Waals surface area contributed by atoms with E-state index in [1.807, 2.05) is 38.1 Å². The van der Waals surface area contributed by atoms with Crippen LogP contribution in [-0.2, 0) is 20.9 Å². The molecule has 1 atom stereocenters. The zero-order valence-corrected chi connectivity index (χ0v) is 20.5. The molecule has 2 aromatic carbocycles. The van der Waals surface area contributed by atoms with E-state index in [4.69, 9.17) is 9.26 Å². The number of benzene rings is 2. The second-order valence-electron chi connectivity index (χ2n) is 9.10. The first-order valence-corrected chi connectivity index (χ1v) is 11.6. The number of Topliss-reactive ketones (excluding diaryl/α,β-unsaturated/α-hetero) is 1. The van der Waals surface area contributed by atoms with Crippen molar-refractivity contribution in [2.45, 2.75) is 53.4 Å². The van der Waals surface area contributed by atoms with Crippen molar-refractivity contribution in [2.24, 2.45) is 5.92 Å². The predicted molar refractivity (Wildman–Crippen MR) is 131 cm³/mol. The highest BCUT2D eigenvalue weighted by Gasteiger charge is 2.45. The number of ketones is 1. The molecule has 182 valence electrons. The van der Waals surface area contributed by atoms with Crippen LogP contribution in [0.4, 0.5) is 5.69 Å². The third-order valence-corrected chi connectivity index (χ3v) is 5.85. The second-order valence-corrected chi connectivity index (χ2v) is 9.10. The normalized spacial score (nSPS) is 16.1.